The smallest absolute Gasteiger partial charge is 0.280 e. The number of nitrogens with zero attached hydrogens (tertiary/aromatic N) is 4. The molecule has 0 unspecified atom stereocenters. The SMILES string of the molecule is Cc1ccc(NC(=O)c2nnn(Cc3ccccc3Cl)c2-n2cccc2)c(F)c1. The fourth-order valence-electron chi connectivity index (χ4n) is 2.98. The van der Waals surface area contributed by atoms with Gasteiger partial charge in [-0.2, -0.15) is 0 Å². The quantitative estimate of drug-likeness (QED) is 0.529. The van der Waals surface area contributed by atoms with E-state index in [9.17, 15) is 9.18 Å². The van der Waals surface area contributed by atoms with Crippen molar-refractivity contribution in [2.75, 3.05) is 5.32 Å². The Kier molecular flexibility index (Phi) is 5.14. The highest BCUT2D eigenvalue weighted by molar-refractivity contribution is 6.31. The van der Waals surface area contributed by atoms with Crippen LogP contribution in [0.2, 0.25) is 5.02 Å². The third kappa shape index (κ3) is 3.90. The Morgan fingerprint density at radius 2 is 1.90 bits per heavy atom. The number of halogens is 2. The lowest BCUT2D eigenvalue weighted by molar-refractivity contribution is 0.102. The molecule has 29 heavy (non-hydrogen) atoms. The van der Waals surface area contributed by atoms with Crippen LogP contribution in [0.25, 0.3) is 5.82 Å². The van der Waals surface area contributed by atoms with Crippen molar-refractivity contribution in [1.82, 2.24) is 19.6 Å². The van der Waals surface area contributed by atoms with Gasteiger partial charge in [0.05, 0.1) is 12.2 Å². The monoisotopic (exact) mass is 409 g/mol. The third-order valence-corrected chi connectivity index (χ3v) is 4.79. The van der Waals surface area contributed by atoms with E-state index in [0.29, 0.717) is 17.4 Å². The highest BCUT2D eigenvalue weighted by Gasteiger charge is 2.22. The Morgan fingerprint density at radius 1 is 1.14 bits per heavy atom. The van der Waals surface area contributed by atoms with E-state index in [4.69, 9.17) is 11.6 Å². The van der Waals surface area contributed by atoms with E-state index in [0.717, 1.165) is 11.1 Å². The maximum atomic E-state index is 14.2. The second-order valence-electron chi connectivity index (χ2n) is 6.54. The van der Waals surface area contributed by atoms with Crippen LogP contribution in [0.4, 0.5) is 10.1 Å². The number of carbonyl (C=O) groups excluding carboxylic acids is 1. The number of hydrogen-bond donors (Lipinski definition) is 1. The van der Waals surface area contributed by atoms with Crippen LogP contribution in [0.5, 0.6) is 0 Å². The predicted molar refractivity (Wildman–Crippen MR) is 109 cm³/mol. The molecule has 2 aromatic heterocycles. The van der Waals surface area contributed by atoms with Crippen LogP contribution in [-0.2, 0) is 6.54 Å². The van der Waals surface area contributed by atoms with Crippen LogP contribution in [0.15, 0.2) is 67.0 Å². The van der Waals surface area contributed by atoms with Gasteiger partial charge >= 0.3 is 0 Å². The number of rotatable bonds is 5. The second-order valence-corrected chi connectivity index (χ2v) is 6.95. The number of aryl methyl sites for hydroxylation is 1. The first-order chi connectivity index (χ1) is 14.0. The molecular weight excluding hydrogens is 393 g/mol. The lowest BCUT2D eigenvalue weighted by atomic mass is 10.2. The Bertz CT molecular complexity index is 1170. The first-order valence-electron chi connectivity index (χ1n) is 8.90. The number of anilines is 1. The molecule has 0 saturated heterocycles. The highest BCUT2D eigenvalue weighted by Crippen LogP contribution is 2.21. The van der Waals surface area contributed by atoms with Crippen LogP contribution >= 0.6 is 11.6 Å². The fraction of sp³-hybridized carbons (Fsp3) is 0.0952. The molecule has 4 aromatic rings. The summed E-state index contributed by atoms with van der Waals surface area (Å²) in [5, 5.41) is 11.4. The van der Waals surface area contributed by atoms with Crippen molar-refractivity contribution in [3.63, 3.8) is 0 Å². The molecule has 0 atom stereocenters. The van der Waals surface area contributed by atoms with E-state index >= 15 is 0 Å². The third-order valence-electron chi connectivity index (χ3n) is 4.42. The number of hydrogen-bond acceptors (Lipinski definition) is 3. The van der Waals surface area contributed by atoms with Crippen molar-refractivity contribution in [2.24, 2.45) is 0 Å². The van der Waals surface area contributed by atoms with E-state index in [1.165, 1.54) is 12.1 Å². The second kappa shape index (κ2) is 7.89. The molecule has 0 aliphatic carbocycles. The van der Waals surface area contributed by atoms with E-state index in [1.54, 1.807) is 40.7 Å². The van der Waals surface area contributed by atoms with Gasteiger partial charge in [0.15, 0.2) is 11.5 Å². The summed E-state index contributed by atoms with van der Waals surface area (Å²) in [7, 11) is 0. The summed E-state index contributed by atoms with van der Waals surface area (Å²) in [6.07, 6.45) is 3.57. The summed E-state index contributed by atoms with van der Waals surface area (Å²) in [5.74, 6) is -0.605. The number of nitrogens with one attached hydrogen (secondary N) is 1. The Labute approximate surface area is 171 Å². The summed E-state index contributed by atoms with van der Waals surface area (Å²) in [6.45, 7) is 2.10. The van der Waals surface area contributed by atoms with Gasteiger partial charge in [0, 0.05) is 17.4 Å². The minimum Gasteiger partial charge on any atom is -0.318 e. The molecule has 0 saturated carbocycles. The van der Waals surface area contributed by atoms with Crippen molar-refractivity contribution < 1.29 is 9.18 Å². The van der Waals surface area contributed by atoms with Crippen LogP contribution in [0, 0.1) is 12.7 Å². The zero-order valence-electron chi connectivity index (χ0n) is 15.5. The molecule has 8 heteroatoms. The number of amides is 1. The molecular formula is C21H17ClFN5O. The lowest BCUT2D eigenvalue weighted by Gasteiger charge is -2.11. The molecule has 6 nitrogen and oxygen atoms in total. The Hall–Kier alpha value is -3.45. The van der Waals surface area contributed by atoms with Crippen molar-refractivity contribution >= 4 is 23.2 Å². The average Bonchev–Trinajstić information content (AvgIpc) is 3.35. The van der Waals surface area contributed by atoms with E-state index < -0.39 is 11.7 Å². The van der Waals surface area contributed by atoms with Gasteiger partial charge in [-0.25, -0.2) is 9.07 Å². The van der Waals surface area contributed by atoms with Crippen molar-refractivity contribution in [3.05, 3.63) is 94.7 Å². The van der Waals surface area contributed by atoms with Crippen molar-refractivity contribution in [3.8, 4) is 5.82 Å². The summed E-state index contributed by atoms with van der Waals surface area (Å²) in [6, 6.07) is 15.6. The average molecular weight is 410 g/mol. The van der Waals surface area contributed by atoms with Gasteiger partial charge in [-0.3, -0.25) is 4.79 Å². The van der Waals surface area contributed by atoms with Gasteiger partial charge in [-0.05, 0) is 48.4 Å². The Morgan fingerprint density at radius 3 is 2.62 bits per heavy atom. The van der Waals surface area contributed by atoms with E-state index in [2.05, 4.69) is 15.6 Å². The first-order valence-corrected chi connectivity index (χ1v) is 9.28. The highest BCUT2D eigenvalue weighted by atomic mass is 35.5. The van der Waals surface area contributed by atoms with Crippen molar-refractivity contribution in [1.29, 1.82) is 0 Å². The number of aromatic nitrogens is 4. The minimum absolute atomic E-state index is 0.0771. The topological polar surface area (TPSA) is 64.7 Å². The normalized spacial score (nSPS) is 10.9. The van der Waals surface area contributed by atoms with Gasteiger partial charge in [-0.1, -0.05) is 41.1 Å². The van der Waals surface area contributed by atoms with Gasteiger partial charge in [0.2, 0.25) is 0 Å². The van der Waals surface area contributed by atoms with Crippen LogP contribution in [-0.4, -0.2) is 25.5 Å². The predicted octanol–water partition coefficient (Wildman–Crippen LogP) is 4.47. The summed E-state index contributed by atoms with van der Waals surface area (Å²) < 4.78 is 17.5. The molecule has 0 bridgehead atoms. The lowest BCUT2D eigenvalue weighted by Crippen LogP contribution is -2.17. The molecule has 1 amide bonds. The molecule has 2 aromatic carbocycles. The molecule has 2 heterocycles. The largest absolute Gasteiger partial charge is 0.318 e. The molecule has 4 rings (SSSR count). The molecule has 0 spiro atoms. The van der Waals surface area contributed by atoms with Gasteiger partial charge in [-0.15, -0.1) is 5.10 Å². The zero-order chi connectivity index (χ0) is 20.4. The first kappa shape index (κ1) is 18.9. The van der Waals surface area contributed by atoms with Gasteiger partial charge in [0.25, 0.3) is 5.91 Å². The molecule has 0 fully saturated rings. The van der Waals surface area contributed by atoms with Crippen LogP contribution in [0.1, 0.15) is 21.6 Å². The summed E-state index contributed by atoms with van der Waals surface area (Å²) in [4.78, 5) is 12.9. The minimum atomic E-state index is -0.554. The summed E-state index contributed by atoms with van der Waals surface area (Å²) in [5.41, 5.74) is 1.76. The summed E-state index contributed by atoms with van der Waals surface area (Å²) >= 11 is 6.27. The Balaban J connectivity index is 1.71. The van der Waals surface area contributed by atoms with E-state index in [-0.39, 0.29) is 11.4 Å². The van der Waals surface area contributed by atoms with Crippen LogP contribution < -0.4 is 5.32 Å². The van der Waals surface area contributed by atoms with Crippen LogP contribution in [0.3, 0.4) is 0 Å². The van der Waals surface area contributed by atoms with Gasteiger partial charge in [0.1, 0.15) is 5.82 Å². The maximum Gasteiger partial charge on any atom is 0.280 e. The molecule has 0 radical (unpaired) electrons. The molecule has 146 valence electrons. The fourth-order valence-corrected chi connectivity index (χ4v) is 3.18. The maximum absolute atomic E-state index is 14.2. The van der Waals surface area contributed by atoms with Crippen molar-refractivity contribution in [2.45, 2.75) is 13.5 Å². The molecule has 1 N–H and O–H groups in total. The molecule has 0 aliphatic rings. The number of carbonyl (C=O) groups is 1. The number of benzene rings is 2. The molecule has 0 aliphatic heterocycles. The van der Waals surface area contributed by atoms with Gasteiger partial charge < -0.3 is 9.88 Å². The van der Waals surface area contributed by atoms with E-state index in [1.807, 2.05) is 30.3 Å². The standard InChI is InChI=1S/C21H17ClFN5O/c1-14-8-9-18(17(23)12-14)24-20(29)19-21(27-10-4-5-11-27)28(26-25-19)13-15-6-2-3-7-16(15)22/h2-12H,13H2,1H3,(H,24,29). The zero-order valence-corrected chi connectivity index (χ0v) is 16.3.